The highest BCUT2D eigenvalue weighted by atomic mass is 32.2. The molecule has 336 valence electrons. The molecule has 0 spiro atoms. The smallest absolute Gasteiger partial charge is 0.209 e. The van der Waals surface area contributed by atoms with E-state index in [1.54, 1.807) is 41.5 Å². The molecule has 0 aliphatic heterocycles. The molecule has 0 unspecified atom stereocenters. The van der Waals surface area contributed by atoms with Crippen molar-refractivity contribution in [1.82, 2.24) is 10.2 Å². The van der Waals surface area contributed by atoms with Crippen molar-refractivity contribution in [3.8, 4) is 0 Å². The Labute approximate surface area is 382 Å². The van der Waals surface area contributed by atoms with E-state index in [4.69, 9.17) is 16.6 Å². The van der Waals surface area contributed by atoms with Crippen LogP contribution in [0.15, 0.2) is 43.1 Å². The van der Waals surface area contributed by atoms with Gasteiger partial charge < -0.3 is 11.5 Å². The van der Waals surface area contributed by atoms with Crippen LogP contribution in [0.2, 0.25) is 0 Å². The van der Waals surface area contributed by atoms with Crippen molar-refractivity contribution < 1.29 is 30.4 Å². The molecule has 8 N–H and O–H groups in total. The molecule has 0 atom stereocenters. The lowest BCUT2D eigenvalue weighted by Gasteiger charge is -2.04. The fraction of sp³-hybridized carbons (Fsp3) is 0.800. The van der Waals surface area contributed by atoms with Crippen molar-refractivity contribution in [2.45, 2.75) is 0 Å². The summed E-state index contributed by atoms with van der Waals surface area (Å²) in [5.41, 5.74) is 18.0. The van der Waals surface area contributed by atoms with E-state index in [0.717, 1.165) is 95.5 Å². The minimum Gasteiger partial charge on any atom is -0.330 e. The highest BCUT2D eigenvalue weighted by molar-refractivity contribution is 8.05. The van der Waals surface area contributed by atoms with Crippen LogP contribution in [0.25, 0.3) is 0 Å². The third-order valence-corrected chi connectivity index (χ3v) is 16.4. The molecule has 0 rings (SSSR count). The first-order valence-corrected chi connectivity index (χ1v) is 31.5. The van der Waals surface area contributed by atoms with Crippen molar-refractivity contribution in [3.63, 3.8) is 0 Å². The molecule has 0 aliphatic rings. The Hall–Kier alpha value is 1.56. The predicted molar refractivity (Wildman–Crippen MR) is 270 cm³/mol. The van der Waals surface area contributed by atoms with Crippen LogP contribution in [-0.4, -0.2) is 159 Å². The van der Waals surface area contributed by atoms with E-state index in [2.05, 4.69) is 90.5 Å². The first-order valence-electron chi connectivity index (χ1n) is 16.6. The van der Waals surface area contributed by atoms with Gasteiger partial charge in [0, 0.05) is 142 Å². The van der Waals surface area contributed by atoms with Crippen LogP contribution in [0.4, 0.5) is 0 Å². The van der Waals surface area contributed by atoms with E-state index < -0.39 is 20.0 Å². The fourth-order valence-electron chi connectivity index (χ4n) is 2.41. The van der Waals surface area contributed by atoms with Crippen molar-refractivity contribution in [1.29, 1.82) is 0 Å². The fourth-order valence-corrected chi connectivity index (χ4v) is 12.5. The zero-order valence-electron chi connectivity index (χ0n) is 32.7. The molecule has 0 amide bonds. The molecule has 0 heterocycles. The first-order chi connectivity index (χ1) is 26.9. The van der Waals surface area contributed by atoms with Crippen LogP contribution in [0.5, 0.6) is 0 Å². The Morgan fingerprint density at radius 3 is 1.32 bits per heavy atom. The van der Waals surface area contributed by atoms with E-state index in [9.17, 15) is 21.7 Å². The van der Waals surface area contributed by atoms with E-state index in [1.165, 1.54) is 40.8 Å². The van der Waals surface area contributed by atoms with Crippen molar-refractivity contribution >= 4 is 138 Å². The molecule has 0 saturated heterocycles. The Morgan fingerprint density at radius 2 is 0.964 bits per heavy atom. The van der Waals surface area contributed by atoms with Crippen molar-refractivity contribution in [2.75, 3.05) is 142 Å². The molecule has 26 heteroatoms. The molecule has 14 nitrogen and oxygen atoms in total. The van der Waals surface area contributed by atoms with Crippen molar-refractivity contribution in [2.24, 2.45) is 21.9 Å². The van der Waals surface area contributed by atoms with Gasteiger partial charge in [-0.1, -0.05) is 26.3 Å². The topological polar surface area (TPSA) is 228 Å². The van der Waals surface area contributed by atoms with Gasteiger partial charge in [-0.05, 0) is 0 Å². The lowest BCUT2D eigenvalue weighted by molar-refractivity contribution is -0.242. The first kappa shape index (κ1) is 66.7. The zero-order chi connectivity index (χ0) is 43.3. The summed E-state index contributed by atoms with van der Waals surface area (Å²) in [5.74, 6) is 17.6. The molecule has 0 aliphatic carbocycles. The molecule has 0 aromatic heterocycles. The van der Waals surface area contributed by atoms with Gasteiger partial charge in [0.1, 0.15) is 0 Å². The van der Waals surface area contributed by atoms with Gasteiger partial charge in [-0.25, -0.2) is 26.7 Å². The standard InChI is InChI=1S/C10H24N2S4.C8H20N2O4S4.C6H14N2O4S4.2C3H4/c11-1-3-13-5-7-15-9-10-16-8-6-14-4-2-12;1-15-14-13-9-3-5-16-7-8-17-6-4-10-18(2,11)12;7-16(10,11)6-5-14-2-1-13-3-4-15-12-8-9;2*1-3-2/h1-12H2;9-10H,3-8H2,1-2H3;1-6H2,(H2,7,10,11);2*1-2H2. The number of rotatable bonds is 37. The third kappa shape index (κ3) is 91.3. The summed E-state index contributed by atoms with van der Waals surface area (Å²) in [4.78, 5) is 14.1. The number of nitrogens with one attached hydrogen (secondary N) is 2. The van der Waals surface area contributed by atoms with Crippen LogP contribution in [-0.2, 0) is 33.7 Å². The summed E-state index contributed by atoms with van der Waals surface area (Å²) < 4.78 is 53.9. The van der Waals surface area contributed by atoms with Gasteiger partial charge in [-0.3, -0.25) is 4.28 Å². The monoisotopic (exact) mass is 1020 g/mol. The quantitative estimate of drug-likeness (QED) is 0.0128. The van der Waals surface area contributed by atoms with Gasteiger partial charge in [-0.2, -0.15) is 99.6 Å². The molecule has 56 heavy (non-hydrogen) atoms. The molecule has 0 radical (unpaired) electrons. The highest BCUT2D eigenvalue weighted by Crippen LogP contribution is 2.12. The summed E-state index contributed by atoms with van der Waals surface area (Å²) in [7, 11) is -6.36. The summed E-state index contributed by atoms with van der Waals surface area (Å²) in [6, 6.07) is 0. The van der Waals surface area contributed by atoms with Gasteiger partial charge >= 0.3 is 0 Å². The lowest BCUT2D eigenvalue weighted by atomic mass is 10.8. The average Bonchev–Trinajstić information content (AvgIpc) is 3.14. The van der Waals surface area contributed by atoms with E-state index in [-0.39, 0.29) is 5.75 Å². The molecule has 0 fully saturated rings. The van der Waals surface area contributed by atoms with Crippen LogP contribution < -0.4 is 26.8 Å². The van der Waals surface area contributed by atoms with E-state index >= 15 is 0 Å². The second-order valence-corrected chi connectivity index (χ2v) is 23.8. The molecular formula is C30H66N6O8S12. The van der Waals surface area contributed by atoms with Gasteiger partial charge in [-0.15, -0.1) is 25.7 Å². The number of hydroxylamine groups is 1. The maximum atomic E-state index is 10.8. The lowest BCUT2D eigenvalue weighted by Crippen LogP contribution is -2.24. The van der Waals surface area contributed by atoms with Gasteiger partial charge in [0.05, 0.1) is 24.1 Å². The number of hydrogen-bond acceptors (Lipinski definition) is 22. The average molecular weight is 1020 g/mol. The predicted octanol–water partition coefficient (Wildman–Crippen LogP) is 5.57. The third-order valence-electron chi connectivity index (χ3n) is 4.41. The zero-order valence-corrected chi connectivity index (χ0v) is 42.5. The second kappa shape index (κ2) is 60.9. The summed E-state index contributed by atoms with van der Waals surface area (Å²) >= 11 is 17.0. The minimum absolute atomic E-state index is 0.0248. The summed E-state index contributed by atoms with van der Waals surface area (Å²) in [5, 5.41) is 7.09. The Bertz CT molecular complexity index is 1040. The molecule has 0 aromatic rings. The molecule has 0 saturated carbocycles. The molecule has 0 aromatic carbocycles. The van der Waals surface area contributed by atoms with Crippen LogP contribution in [0.1, 0.15) is 0 Å². The Morgan fingerprint density at radius 1 is 0.607 bits per heavy atom. The van der Waals surface area contributed by atoms with Crippen LogP contribution in [0, 0.1) is 4.91 Å². The van der Waals surface area contributed by atoms with Crippen LogP contribution in [0.3, 0.4) is 0 Å². The number of nitrogens with two attached hydrogens (primary N) is 3. The number of nitrogens with zero attached hydrogens (tertiary/aromatic N) is 1. The molecular weight excluding hydrogens is 957 g/mol. The van der Waals surface area contributed by atoms with Gasteiger partial charge in [0.25, 0.3) is 0 Å². The van der Waals surface area contributed by atoms with E-state index in [0.29, 0.717) is 18.1 Å². The number of hydrogen-bond donors (Lipinski definition) is 5. The molecule has 0 bridgehead atoms. The normalized spacial score (nSPS) is 10.4. The van der Waals surface area contributed by atoms with Crippen molar-refractivity contribution in [3.05, 3.63) is 42.7 Å². The summed E-state index contributed by atoms with van der Waals surface area (Å²) in [6.07, 6.45) is 2.94. The maximum Gasteiger partial charge on any atom is 0.209 e. The Balaban J connectivity index is -0.000000216. The van der Waals surface area contributed by atoms with Gasteiger partial charge in [0.2, 0.25) is 20.0 Å². The number of thioether (sulfide) groups is 8. The second-order valence-electron chi connectivity index (χ2n) is 9.19. The highest BCUT2D eigenvalue weighted by Gasteiger charge is 2.02. The maximum absolute atomic E-state index is 10.8. The van der Waals surface area contributed by atoms with Gasteiger partial charge in [0.15, 0.2) is 5.34 Å². The summed E-state index contributed by atoms with van der Waals surface area (Å²) in [6.45, 7) is 15.3. The Kier molecular flexibility index (Phi) is 72.4. The SMILES string of the molecule is C=C=C.C=C=C.CSOONCCSCCSCCNS(C)(=O)=O.NCCSCCSCCSCCSCCN.NS(=O)(=O)CCSCCSCCSON=O. The number of primary sulfonamides is 1. The minimum atomic E-state index is -3.32. The largest absolute Gasteiger partial charge is 0.330 e. The van der Waals surface area contributed by atoms with E-state index in [1.807, 2.05) is 35.3 Å². The number of sulfonamides is 2. The van der Waals surface area contributed by atoms with Crippen LogP contribution >= 0.6 is 118 Å².